The van der Waals surface area contributed by atoms with Crippen LogP contribution in [0.4, 0.5) is 0 Å². The van der Waals surface area contributed by atoms with Crippen LogP contribution < -0.4 is 5.32 Å². The van der Waals surface area contributed by atoms with Gasteiger partial charge in [-0.2, -0.15) is 5.26 Å². The summed E-state index contributed by atoms with van der Waals surface area (Å²) in [6.45, 7) is 1.94. The number of likely N-dealkylation sites (tertiary alicyclic amines) is 1. The predicted molar refractivity (Wildman–Crippen MR) is 106 cm³/mol. The second kappa shape index (κ2) is 7.79. The molecule has 1 unspecified atom stereocenters. The topological polar surface area (TPSA) is 73.2 Å². The summed E-state index contributed by atoms with van der Waals surface area (Å²) < 4.78 is 0. The number of nitrogens with zero attached hydrogens (tertiary/aromatic N) is 2. The third-order valence-electron chi connectivity index (χ3n) is 6.74. The third-order valence-corrected chi connectivity index (χ3v) is 6.74. The lowest BCUT2D eigenvalue weighted by atomic mass is 9.73. The molecule has 1 fully saturated rings. The van der Waals surface area contributed by atoms with Gasteiger partial charge in [-0.25, -0.2) is 0 Å². The van der Waals surface area contributed by atoms with E-state index in [1.54, 1.807) is 0 Å². The van der Waals surface area contributed by atoms with E-state index in [0.717, 1.165) is 50.8 Å². The average Bonchev–Trinajstić information content (AvgIpc) is 3.36. The van der Waals surface area contributed by atoms with E-state index < -0.39 is 0 Å². The lowest BCUT2D eigenvalue weighted by Gasteiger charge is -2.41. The number of carbonyl (C=O) groups is 2. The summed E-state index contributed by atoms with van der Waals surface area (Å²) in [6.07, 6.45) is 8.92. The molecule has 1 N–H and O–H groups in total. The first-order chi connectivity index (χ1) is 13.6. The lowest BCUT2D eigenvalue weighted by molar-refractivity contribution is -0.137. The number of benzene rings is 1. The maximum absolute atomic E-state index is 12.8. The van der Waals surface area contributed by atoms with Crippen LogP contribution in [0.2, 0.25) is 0 Å². The molecule has 0 saturated carbocycles. The van der Waals surface area contributed by atoms with Gasteiger partial charge >= 0.3 is 0 Å². The van der Waals surface area contributed by atoms with E-state index in [9.17, 15) is 9.59 Å². The van der Waals surface area contributed by atoms with Crippen molar-refractivity contribution in [2.75, 3.05) is 19.6 Å². The van der Waals surface area contributed by atoms with Crippen molar-refractivity contribution in [3.63, 3.8) is 0 Å². The zero-order valence-electron chi connectivity index (χ0n) is 16.2. The van der Waals surface area contributed by atoms with Gasteiger partial charge in [-0.3, -0.25) is 9.59 Å². The quantitative estimate of drug-likeness (QED) is 0.647. The average molecular weight is 377 g/mol. The largest absolute Gasteiger partial charge is 0.355 e. The van der Waals surface area contributed by atoms with Crippen molar-refractivity contribution in [1.29, 1.82) is 5.26 Å². The Hall–Kier alpha value is -2.61. The van der Waals surface area contributed by atoms with Crippen LogP contribution in [0.5, 0.6) is 0 Å². The number of nitrogens with one attached hydrogen (secondary N) is 1. The molecule has 4 rings (SSSR count). The molecule has 1 aromatic carbocycles. The molecule has 2 amide bonds. The van der Waals surface area contributed by atoms with Gasteiger partial charge in [0.25, 0.3) is 0 Å². The number of hydrogen-bond donors (Lipinski definition) is 1. The van der Waals surface area contributed by atoms with E-state index in [4.69, 9.17) is 5.26 Å². The first kappa shape index (κ1) is 18.7. The summed E-state index contributed by atoms with van der Waals surface area (Å²) in [5, 5.41) is 11.6. The standard InChI is InChI=1S/C23H27N3O2/c24-12-5-13-25-21(27)19-16-23(20-9-4-3-8-18(19)20)10-14-26(15-11-23)22(28)17-6-1-2-7-17/h1-4,8-9,17,19H,5-7,10-11,13-16H2,(H,25,27). The summed E-state index contributed by atoms with van der Waals surface area (Å²) >= 11 is 0. The van der Waals surface area contributed by atoms with Crippen LogP contribution in [0, 0.1) is 17.2 Å². The molecule has 2 aliphatic carbocycles. The van der Waals surface area contributed by atoms with Crippen LogP contribution >= 0.6 is 0 Å². The van der Waals surface area contributed by atoms with Crippen molar-refractivity contribution in [1.82, 2.24) is 10.2 Å². The van der Waals surface area contributed by atoms with Crippen LogP contribution in [-0.4, -0.2) is 36.3 Å². The molecule has 28 heavy (non-hydrogen) atoms. The van der Waals surface area contributed by atoms with Gasteiger partial charge in [-0.1, -0.05) is 36.4 Å². The van der Waals surface area contributed by atoms with E-state index in [1.165, 1.54) is 5.56 Å². The fourth-order valence-electron chi connectivity index (χ4n) is 5.20. The van der Waals surface area contributed by atoms with Crippen molar-refractivity contribution in [2.45, 2.75) is 49.9 Å². The molecule has 5 nitrogen and oxygen atoms in total. The Bertz CT molecular complexity index is 822. The van der Waals surface area contributed by atoms with Gasteiger partial charge in [0.1, 0.15) is 0 Å². The number of fused-ring (bicyclic) bond motifs is 2. The number of amides is 2. The van der Waals surface area contributed by atoms with Gasteiger partial charge in [0, 0.05) is 31.0 Å². The third kappa shape index (κ3) is 3.32. The Labute approximate surface area is 166 Å². The van der Waals surface area contributed by atoms with E-state index in [1.807, 2.05) is 11.0 Å². The molecule has 1 aromatic rings. The first-order valence-electron chi connectivity index (χ1n) is 10.3. The maximum atomic E-state index is 12.8. The van der Waals surface area contributed by atoms with E-state index in [0.29, 0.717) is 13.0 Å². The smallest absolute Gasteiger partial charge is 0.227 e. The van der Waals surface area contributed by atoms with Crippen LogP contribution in [0.3, 0.4) is 0 Å². The predicted octanol–water partition coefficient (Wildman–Crippen LogP) is 3.03. The van der Waals surface area contributed by atoms with Gasteiger partial charge in [0.2, 0.25) is 11.8 Å². The minimum atomic E-state index is -0.156. The van der Waals surface area contributed by atoms with Crippen LogP contribution in [0.15, 0.2) is 36.4 Å². The molecule has 1 spiro atoms. The molecular weight excluding hydrogens is 350 g/mol. The molecule has 0 bridgehead atoms. The highest BCUT2D eigenvalue weighted by atomic mass is 16.2. The van der Waals surface area contributed by atoms with Gasteiger partial charge in [-0.05, 0) is 43.2 Å². The van der Waals surface area contributed by atoms with Crippen molar-refractivity contribution in [3.8, 4) is 6.07 Å². The molecule has 3 aliphatic rings. The highest BCUT2D eigenvalue weighted by Crippen LogP contribution is 2.51. The van der Waals surface area contributed by atoms with Crippen LogP contribution in [0.1, 0.15) is 55.6 Å². The molecule has 5 heteroatoms. The molecular formula is C23H27N3O2. The zero-order chi connectivity index (χ0) is 19.6. The second-order valence-electron chi connectivity index (χ2n) is 8.29. The van der Waals surface area contributed by atoms with E-state index >= 15 is 0 Å². The second-order valence-corrected chi connectivity index (χ2v) is 8.29. The minimum Gasteiger partial charge on any atom is -0.355 e. The van der Waals surface area contributed by atoms with Crippen LogP contribution in [0.25, 0.3) is 0 Å². The molecule has 0 radical (unpaired) electrons. The number of hydrogen-bond acceptors (Lipinski definition) is 3. The molecule has 1 aliphatic heterocycles. The van der Waals surface area contributed by atoms with Gasteiger partial charge < -0.3 is 10.2 Å². The normalized spacial score (nSPS) is 22.8. The van der Waals surface area contributed by atoms with Gasteiger partial charge in [-0.15, -0.1) is 0 Å². The Kier molecular flexibility index (Phi) is 5.21. The monoisotopic (exact) mass is 377 g/mol. The van der Waals surface area contributed by atoms with Crippen molar-refractivity contribution < 1.29 is 9.59 Å². The molecule has 1 saturated heterocycles. The molecule has 0 aromatic heterocycles. The summed E-state index contributed by atoms with van der Waals surface area (Å²) in [4.78, 5) is 27.6. The maximum Gasteiger partial charge on any atom is 0.227 e. The summed E-state index contributed by atoms with van der Waals surface area (Å²) in [6, 6.07) is 10.4. The van der Waals surface area contributed by atoms with Crippen molar-refractivity contribution in [2.24, 2.45) is 5.92 Å². The number of allylic oxidation sites excluding steroid dienone is 2. The minimum absolute atomic E-state index is 0.0153. The van der Waals surface area contributed by atoms with E-state index in [2.05, 4.69) is 41.7 Å². The van der Waals surface area contributed by atoms with Crippen molar-refractivity contribution in [3.05, 3.63) is 47.5 Å². The molecule has 1 heterocycles. The lowest BCUT2D eigenvalue weighted by Crippen LogP contribution is -2.46. The van der Waals surface area contributed by atoms with Gasteiger partial charge in [0.05, 0.1) is 18.4 Å². The fraction of sp³-hybridized carbons (Fsp3) is 0.522. The van der Waals surface area contributed by atoms with Crippen LogP contribution in [-0.2, 0) is 15.0 Å². The number of nitriles is 1. The number of rotatable bonds is 4. The summed E-state index contributed by atoms with van der Waals surface area (Å²) in [7, 11) is 0. The Morgan fingerprint density at radius 2 is 1.89 bits per heavy atom. The SMILES string of the molecule is N#CCCNC(=O)C1CC2(CCN(C(=O)C3CC=CC3)CC2)c2ccccc21. The molecule has 146 valence electrons. The molecule has 1 atom stereocenters. The summed E-state index contributed by atoms with van der Waals surface area (Å²) in [5.41, 5.74) is 2.39. The van der Waals surface area contributed by atoms with Crippen molar-refractivity contribution >= 4 is 11.8 Å². The Morgan fingerprint density at radius 1 is 1.18 bits per heavy atom. The Balaban J connectivity index is 1.47. The number of piperidine rings is 1. The summed E-state index contributed by atoms with van der Waals surface area (Å²) in [5.74, 6) is 0.284. The highest BCUT2D eigenvalue weighted by Gasteiger charge is 2.48. The van der Waals surface area contributed by atoms with Gasteiger partial charge in [0.15, 0.2) is 0 Å². The number of carbonyl (C=O) groups excluding carboxylic acids is 2. The highest BCUT2D eigenvalue weighted by molar-refractivity contribution is 5.85. The Morgan fingerprint density at radius 3 is 2.61 bits per heavy atom. The zero-order valence-corrected chi connectivity index (χ0v) is 16.2. The first-order valence-corrected chi connectivity index (χ1v) is 10.3. The fourth-order valence-corrected chi connectivity index (χ4v) is 5.20. The van der Waals surface area contributed by atoms with E-state index in [-0.39, 0.29) is 29.1 Å².